The first-order valence-electron chi connectivity index (χ1n) is 7.23. The van der Waals surface area contributed by atoms with Crippen molar-refractivity contribution in [1.82, 2.24) is 5.48 Å². The number of carbonyl (C=O) groups excluding carboxylic acids is 1. The number of rotatable bonds is 6. The van der Waals surface area contributed by atoms with Gasteiger partial charge in [0.1, 0.15) is 5.82 Å². The first kappa shape index (κ1) is 19.6. The van der Waals surface area contributed by atoms with Crippen molar-refractivity contribution in [3.8, 4) is 5.75 Å². The highest BCUT2D eigenvalue weighted by atomic mass is 32.2. The number of hydrogen-bond donors (Lipinski definition) is 2. The van der Waals surface area contributed by atoms with Gasteiger partial charge in [-0.1, -0.05) is 6.07 Å². The van der Waals surface area contributed by atoms with Crippen LogP contribution in [0.2, 0.25) is 0 Å². The molecular weight excluding hydrogens is 373 g/mol. The van der Waals surface area contributed by atoms with Crippen LogP contribution < -0.4 is 15.0 Å². The second kappa shape index (κ2) is 7.65. The number of nitrogens with one attached hydrogen (secondary N) is 2. The van der Waals surface area contributed by atoms with Crippen LogP contribution in [0.5, 0.6) is 5.75 Å². The summed E-state index contributed by atoms with van der Waals surface area (Å²) in [4.78, 5) is 15.9. The van der Waals surface area contributed by atoms with Crippen LogP contribution in [-0.2, 0) is 21.2 Å². The molecule has 0 saturated heterocycles. The van der Waals surface area contributed by atoms with E-state index in [9.17, 15) is 26.4 Å². The van der Waals surface area contributed by atoms with Gasteiger partial charge in [-0.15, -0.1) is 0 Å². The average Bonchev–Trinajstić information content (AvgIpc) is 2.52. The monoisotopic (exact) mass is 388 g/mol. The number of amides is 1. The Balaban J connectivity index is 2.34. The molecule has 0 aliphatic carbocycles. The highest BCUT2D eigenvalue weighted by Crippen LogP contribution is 2.27. The molecule has 2 N–H and O–H groups in total. The second-order valence-corrected chi connectivity index (χ2v) is 7.21. The topological polar surface area (TPSA) is 84.5 Å². The van der Waals surface area contributed by atoms with Crippen molar-refractivity contribution >= 4 is 21.6 Å². The van der Waals surface area contributed by atoms with Crippen LogP contribution in [0.25, 0.3) is 0 Å². The summed E-state index contributed by atoms with van der Waals surface area (Å²) in [7, 11) is -3.67. The number of sulfonamides is 1. The van der Waals surface area contributed by atoms with Crippen molar-refractivity contribution in [2.75, 3.05) is 11.0 Å². The summed E-state index contributed by atoms with van der Waals surface area (Å²) in [6.07, 6.45) is 0.614. The Morgan fingerprint density at radius 1 is 1.12 bits per heavy atom. The molecule has 0 unspecified atom stereocenters. The van der Waals surface area contributed by atoms with Crippen LogP contribution >= 0.6 is 0 Å². The summed E-state index contributed by atoms with van der Waals surface area (Å²) in [6, 6.07) is 5.45. The van der Waals surface area contributed by atoms with Gasteiger partial charge in [-0.25, -0.2) is 21.6 Å². The number of anilines is 1. The summed E-state index contributed by atoms with van der Waals surface area (Å²) in [5, 5.41) is 0. The normalized spacial score (nSPS) is 11.1. The van der Waals surface area contributed by atoms with Gasteiger partial charge >= 0.3 is 0 Å². The maximum atomic E-state index is 14.1. The standard InChI is InChI=1S/C16H15F3N2O4S/c1-9(22)20-25-15-6-4-12(17)16(19)11(15)7-10-3-5-14(13(18)8-10)21-26(2,23)24/h3-6,8,21H,7H2,1-2H3,(H,20,22). The van der Waals surface area contributed by atoms with E-state index in [2.05, 4.69) is 0 Å². The molecule has 6 nitrogen and oxygen atoms in total. The zero-order chi connectivity index (χ0) is 19.5. The highest BCUT2D eigenvalue weighted by molar-refractivity contribution is 7.92. The molecule has 0 radical (unpaired) electrons. The zero-order valence-corrected chi connectivity index (χ0v) is 14.6. The first-order chi connectivity index (χ1) is 12.1. The minimum Gasteiger partial charge on any atom is -0.379 e. The lowest BCUT2D eigenvalue weighted by molar-refractivity contribution is -0.125. The van der Waals surface area contributed by atoms with Crippen molar-refractivity contribution in [3.63, 3.8) is 0 Å². The quantitative estimate of drug-likeness (QED) is 0.745. The van der Waals surface area contributed by atoms with Gasteiger partial charge in [0.05, 0.1) is 11.9 Å². The molecule has 10 heteroatoms. The number of halogens is 3. The Bertz CT molecular complexity index is 949. The fourth-order valence-corrected chi connectivity index (χ4v) is 2.68. The Labute approximate surface area is 148 Å². The maximum Gasteiger partial charge on any atom is 0.249 e. The molecule has 0 bridgehead atoms. The molecule has 0 fully saturated rings. The fourth-order valence-electron chi connectivity index (χ4n) is 2.12. The van der Waals surface area contributed by atoms with Gasteiger partial charge in [0, 0.05) is 18.9 Å². The third kappa shape index (κ3) is 5.12. The molecule has 2 aromatic carbocycles. The molecule has 1 amide bonds. The maximum absolute atomic E-state index is 14.1. The number of hydrogen-bond acceptors (Lipinski definition) is 4. The van der Waals surface area contributed by atoms with Crippen molar-refractivity contribution in [1.29, 1.82) is 0 Å². The Hall–Kier alpha value is -2.75. The van der Waals surface area contributed by atoms with Gasteiger partial charge in [0.25, 0.3) is 0 Å². The molecule has 0 aromatic heterocycles. The van der Waals surface area contributed by atoms with Crippen LogP contribution in [0.4, 0.5) is 18.9 Å². The Kier molecular flexibility index (Phi) is 5.76. The summed E-state index contributed by atoms with van der Waals surface area (Å²) in [6.45, 7) is 1.17. The summed E-state index contributed by atoms with van der Waals surface area (Å²) in [5.41, 5.74) is 1.73. The molecule has 140 valence electrons. The van der Waals surface area contributed by atoms with E-state index in [0.29, 0.717) is 0 Å². The van der Waals surface area contributed by atoms with E-state index in [-0.39, 0.29) is 29.0 Å². The van der Waals surface area contributed by atoms with E-state index in [0.717, 1.165) is 30.5 Å². The molecule has 0 aliphatic heterocycles. The van der Waals surface area contributed by atoms with Crippen molar-refractivity contribution < 1.29 is 31.2 Å². The summed E-state index contributed by atoms with van der Waals surface area (Å²) < 4.78 is 66.0. The van der Waals surface area contributed by atoms with E-state index in [4.69, 9.17) is 4.84 Å². The third-order valence-corrected chi connectivity index (χ3v) is 3.76. The minimum absolute atomic E-state index is 0.141. The summed E-state index contributed by atoms with van der Waals surface area (Å²) in [5.74, 6) is -3.91. The van der Waals surface area contributed by atoms with Crippen LogP contribution in [-0.4, -0.2) is 20.6 Å². The second-order valence-electron chi connectivity index (χ2n) is 5.46. The van der Waals surface area contributed by atoms with E-state index in [1.54, 1.807) is 0 Å². The number of carbonyl (C=O) groups is 1. The lowest BCUT2D eigenvalue weighted by Crippen LogP contribution is -2.24. The molecule has 0 heterocycles. The molecule has 26 heavy (non-hydrogen) atoms. The zero-order valence-electron chi connectivity index (χ0n) is 13.8. The van der Waals surface area contributed by atoms with Gasteiger partial charge in [0.2, 0.25) is 15.9 Å². The molecular formula is C16H15F3N2O4S. The van der Waals surface area contributed by atoms with Crippen LogP contribution in [0.15, 0.2) is 30.3 Å². The lowest BCUT2D eigenvalue weighted by atomic mass is 10.0. The smallest absolute Gasteiger partial charge is 0.249 e. The predicted molar refractivity (Wildman–Crippen MR) is 88.5 cm³/mol. The van der Waals surface area contributed by atoms with Gasteiger partial charge in [0.15, 0.2) is 17.4 Å². The Morgan fingerprint density at radius 3 is 2.38 bits per heavy atom. The Morgan fingerprint density at radius 2 is 1.81 bits per heavy atom. The van der Waals surface area contributed by atoms with E-state index < -0.39 is 33.4 Å². The van der Waals surface area contributed by atoms with E-state index in [1.165, 1.54) is 13.0 Å². The molecule has 0 saturated carbocycles. The van der Waals surface area contributed by atoms with E-state index in [1.807, 2.05) is 10.2 Å². The van der Waals surface area contributed by atoms with Gasteiger partial charge in [-0.2, -0.15) is 5.48 Å². The summed E-state index contributed by atoms with van der Waals surface area (Å²) >= 11 is 0. The lowest BCUT2D eigenvalue weighted by Gasteiger charge is -2.13. The molecule has 2 rings (SSSR count). The van der Waals surface area contributed by atoms with Crippen LogP contribution in [0.1, 0.15) is 18.1 Å². The van der Waals surface area contributed by atoms with Gasteiger partial charge in [-0.05, 0) is 29.8 Å². The predicted octanol–water partition coefficient (Wildman–Crippen LogP) is 2.50. The molecule has 0 aliphatic rings. The third-order valence-electron chi connectivity index (χ3n) is 3.17. The van der Waals surface area contributed by atoms with Crippen LogP contribution in [0.3, 0.4) is 0 Å². The SMILES string of the molecule is CC(=O)NOc1ccc(F)c(F)c1Cc1ccc(NS(C)(=O)=O)c(F)c1. The minimum atomic E-state index is -3.67. The molecule has 2 aromatic rings. The van der Waals surface area contributed by atoms with Crippen molar-refractivity contribution in [3.05, 3.63) is 58.9 Å². The largest absolute Gasteiger partial charge is 0.379 e. The number of hydroxylamine groups is 1. The molecule has 0 atom stereocenters. The van der Waals surface area contributed by atoms with E-state index >= 15 is 0 Å². The first-order valence-corrected chi connectivity index (χ1v) is 9.12. The van der Waals surface area contributed by atoms with Crippen LogP contribution in [0, 0.1) is 17.5 Å². The average molecular weight is 388 g/mol. The number of benzene rings is 2. The van der Waals surface area contributed by atoms with Gasteiger partial charge < -0.3 is 4.84 Å². The van der Waals surface area contributed by atoms with Crippen molar-refractivity contribution in [2.24, 2.45) is 0 Å². The highest BCUT2D eigenvalue weighted by Gasteiger charge is 2.17. The van der Waals surface area contributed by atoms with Gasteiger partial charge in [-0.3, -0.25) is 9.52 Å². The van der Waals surface area contributed by atoms with Crippen molar-refractivity contribution in [2.45, 2.75) is 13.3 Å². The molecule has 0 spiro atoms. The fraction of sp³-hybridized carbons (Fsp3) is 0.188.